The molecule has 0 bridgehead atoms. The molecule has 2 rings (SSSR count). The van der Waals surface area contributed by atoms with Gasteiger partial charge in [-0.2, -0.15) is 16.7 Å². The molecule has 1 N–H and O–H groups in total. The average Bonchev–Trinajstić information content (AvgIpc) is 2.90. The number of carbonyl (C=O) groups is 1. The molecule has 6 heteroatoms. The quantitative estimate of drug-likeness (QED) is 0.741. The zero-order valence-electron chi connectivity index (χ0n) is 11.7. The van der Waals surface area contributed by atoms with Crippen LogP contribution in [0.15, 0.2) is 4.52 Å². The van der Waals surface area contributed by atoms with E-state index in [1.54, 1.807) is 0 Å². The first-order valence-electron chi connectivity index (χ1n) is 7.39. The van der Waals surface area contributed by atoms with Gasteiger partial charge in [0.2, 0.25) is 5.89 Å². The number of aryl methyl sites for hydroxylation is 1. The maximum Gasteiger partial charge on any atom is 0.303 e. The van der Waals surface area contributed by atoms with E-state index < -0.39 is 5.97 Å². The van der Waals surface area contributed by atoms with E-state index in [9.17, 15) is 4.79 Å². The number of aliphatic carboxylic acids is 1. The summed E-state index contributed by atoms with van der Waals surface area (Å²) >= 11 is 1.93. The number of unbranched alkanes of at least 4 members (excludes halogenated alkanes) is 1. The zero-order chi connectivity index (χ0) is 14.2. The largest absolute Gasteiger partial charge is 0.481 e. The lowest BCUT2D eigenvalue weighted by Crippen LogP contribution is -2.08. The van der Waals surface area contributed by atoms with Gasteiger partial charge in [-0.25, -0.2) is 0 Å². The fourth-order valence-electron chi connectivity index (χ4n) is 2.43. The predicted molar refractivity (Wildman–Crippen MR) is 77.7 cm³/mol. The molecule has 0 amide bonds. The van der Waals surface area contributed by atoms with Crippen molar-refractivity contribution in [3.05, 3.63) is 11.7 Å². The number of carboxylic acids is 1. The van der Waals surface area contributed by atoms with Gasteiger partial charge >= 0.3 is 5.97 Å². The Kier molecular flexibility index (Phi) is 6.36. The Hall–Kier alpha value is -1.04. The summed E-state index contributed by atoms with van der Waals surface area (Å²) in [6, 6.07) is 0. The third-order valence-electron chi connectivity index (χ3n) is 3.54. The van der Waals surface area contributed by atoms with Gasteiger partial charge < -0.3 is 9.63 Å². The fraction of sp³-hybridized carbons (Fsp3) is 0.786. The molecule has 0 unspecified atom stereocenters. The number of hydrogen-bond donors (Lipinski definition) is 1. The third kappa shape index (κ3) is 5.53. The summed E-state index contributed by atoms with van der Waals surface area (Å²) in [6.07, 6.45) is 9.01. The molecule has 1 aliphatic carbocycles. The van der Waals surface area contributed by atoms with Crippen LogP contribution in [0.1, 0.15) is 63.1 Å². The van der Waals surface area contributed by atoms with Gasteiger partial charge in [-0.3, -0.25) is 4.79 Å². The van der Waals surface area contributed by atoms with Gasteiger partial charge in [0.05, 0.1) is 5.75 Å². The number of hydrogen-bond acceptors (Lipinski definition) is 5. The summed E-state index contributed by atoms with van der Waals surface area (Å²) in [6.45, 7) is 0. The second-order valence-electron chi connectivity index (χ2n) is 5.28. The highest BCUT2D eigenvalue weighted by atomic mass is 32.2. The van der Waals surface area contributed by atoms with Crippen molar-refractivity contribution in [3.63, 3.8) is 0 Å². The number of aromatic nitrogens is 2. The van der Waals surface area contributed by atoms with Crippen LogP contribution in [0.3, 0.4) is 0 Å². The van der Waals surface area contributed by atoms with E-state index in [1.165, 1.54) is 32.1 Å². The van der Waals surface area contributed by atoms with Gasteiger partial charge in [-0.15, -0.1) is 0 Å². The van der Waals surface area contributed by atoms with Crippen LogP contribution in [-0.2, 0) is 17.0 Å². The van der Waals surface area contributed by atoms with Crippen molar-refractivity contribution in [3.8, 4) is 0 Å². The summed E-state index contributed by atoms with van der Waals surface area (Å²) in [5.41, 5.74) is 0. The van der Waals surface area contributed by atoms with Crippen molar-refractivity contribution in [1.82, 2.24) is 10.1 Å². The molecule has 1 saturated carbocycles. The molecular weight excluding hydrogens is 276 g/mol. The molecular formula is C14H22N2O3S. The van der Waals surface area contributed by atoms with Crippen LogP contribution in [0.5, 0.6) is 0 Å². The van der Waals surface area contributed by atoms with E-state index in [1.807, 2.05) is 11.8 Å². The summed E-state index contributed by atoms with van der Waals surface area (Å²) in [4.78, 5) is 14.8. The van der Waals surface area contributed by atoms with Crippen LogP contribution < -0.4 is 0 Å². The molecule has 20 heavy (non-hydrogen) atoms. The highest BCUT2D eigenvalue weighted by molar-refractivity contribution is 7.99. The van der Waals surface area contributed by atoms with E-state index in [4.69, 9.17) is 9.63 Å². The van der Waals surface area contributed by atoms with E-state index in [0.717, 1.165) is 23.2 Å². The second-order valence-corrected chi connectivity index (χ2v) is 6.56. The Morgan fingerprint density at radius 3 is 2.85 bits per heavy atom. The highest BCUT2D eigenvalue weighted by Gasteiger charge is 2.15. The number of thioether (sulfide) groups is 1. The summed E-state index contributed by atoms with van der Waals surface area (Å²) in [7, 11) is 0. The van der Waals surface area contributed by atoms with E-state index in [2.05, 4.69) is 10.1 Å². The fourth-order valence-corrected chi connectivity index (χ4v) is 3.60. The maximum absolute atomic E-state index is 10.4. The topological polar surface area (TPSA) is 76.2 Å². The molecule has 1 heterocycles. The smallest absolute Gasteiger partial charge is 0.303 e. The van der Waals surface area contributed by atoms with Crippen molar-refractivity contribution < 1.29 is 14.4 Å². The first kappa shape index (κ1) is 15.4. The van der Waals surface area contributed by atoms with E-state index in [-0.39, 0.29) is 6.42 Å². The van der Waals surface area contributed by atoms with Gasteiger partial charge in [0.1, 0.15) is 0 Å². The van der Waals surface area contributed by atoms with Crippen LogP contribution >= 0.6 is 11.8 Å². The number of rotatable bonds is 8. The minimum Gasteiger partial charge on any atom is -0.481 e. The number of nitrogens with zero attached hydrogens (tertiary/aromatic N) is 2. The Bertz CT molecular complexity index is 416. The molecule has 112 valence electrons. The molecule has 0 aliphatic heterocycles. The van der Waals surface area contributed by atoms with Crippen molar-refractivity contribution in [1.29, 1.82) is 0 Å². The van der Waals surface area contributed by atoms with Crippen molar-refractivity contribution in [2.45, 2.75) is 68.8 Å². The summed E-state index contributed by atoms with van der Waals surface area (Å²) in [5, 5.41) is 13.3. The Labute approximate surface area is 123 Å². The molecule has 5 nitrogen and oxygen atoms in total. The first-order chi connectivity index (χ1) is 9.74. The van der Waals surface area contributed by atoms with Crippen LogP contribution in [0.2, 0.25) is 0 Å². The molecule has 0 spiro atoms. The van der Waals surface area contributed by atoms with E-state index in [0.29, 0.717) is 18.7 Å². The summed E-state index contributed by atoms with van der Waals surface area (Å²) in [5.74, 6) is 1.48. The van der Waals surface area contributed by atoms with Crippen molar-refractivity contribution in [2.24, 2.45) is 0 Å². The maximum atomic E-state index is 10.4. The Morgan fingerprint density at radius 1 is 1.30 bits per heavy atom. The van der Waals surface area contributed by atoms with Crippen LogP contribution in [0.4, 0.5) is 0 Å². The SMILES string of the molecule is O=C(O)CCCCc1nc(CSC2CCCCC2)no1. The third-order valence-corrected chi connectivity index (χ3v) is 4.91. The highest BCUT2D eigenvalue weighted by Crippen LogP contribution is 2.29. The van der Waals surface area contributed by atoms with Crippen LogP contribution in [-0.4, -0.2) is 26.5 Å². The van der Waals surface area contributed by atoms with Crippen molar-refractivity contribution in [2.75, 3.05) is 0 Å². The van der Waals surface area contributed by atoms with Crippen molar-refractivity contribution >= 4 is 17.7 Å². The lowest BCUT2D eigenvalue weighted by molar-refractivity contribution is -0.137. The minimum absolute atomic E-state index is 0.207. The molecule has 0 saturated heterocycles. The van der Waals surface area contributed by atoms with Gasteiger partial charge in [0.25, 0.3) is 0 Å². The monoisotopic (exact) mass is 298 g/mol. The molecule has 1 aromatic heterocycles. The van der Waals surface area contributed by atoms with Crippen LogP contribution in [0, 0.1) is 0 Å². The van der Waals surface area contributed by atoms with Gasteiger partial charge in [-0.05, 0) is 25.7 Å². The predicted octanol–water partition coefficient (Wildman–Crippen LogP) is 3.43. The molecule has 0 atom stereocenters. The molecule has 1 fully saturated rings. The lowest BCUT2D eigenvalue weighted by atomic mass is 10.0. The Morgan fingerprint density at radius 2 is 2.10 bits per heavy atom. The Balaban J connectivity index is 1.65. The second kappa shape index (κ2) is 8.29. The summed E-state index contributed by atoms with van der Waals surface area (Å²) < 4.78 is 5.19. The zero-order valence-corrected chi connectivity index (χ0v) is 12.5. The van der Waals surface area contributed by atoms with E-state index >= 15 is 0 Å². The molecule has 1 aliphatic rings. The van der Waals surface area contributed by atoms with Crippen LogP contribution in [0.25, 0.3) is 0 Å². The first-order valence-corrected chi connectivity index (χ1v) is 8.44. The van der Waals surface area contributed by atoms with Gasteiger partial charge in [-0.1, -0.05) is 24.4 Å². The lowest BCUT2D eigenvalue weighted by Gasteiger charge is -2.19. The molecule has 1 aromatic rings. The normalized spacial score (nSPS) is 16.4. The molecule has 0 radical (unpaired) electrons. The standard InChI is InChI=1S/C14H22N2O3S/c17-14(18)9-5-4-8-13-15-12(16-19-13)10-20-11-6-2-1-3-7-11/h11H,1-10H2,(H,17,18). The molecule has 0 aromatic carbocycles. The number of carboxylic acid groups (broad SMARTS) is 1. The average molecular weight is 298 g/mol. The minimum atomic E-state index is -0.750. The van der Waals surface area contributed by atoms with Gasteiger partial charge in [0, 0.05) is 18.1 Å². The van der Waals surface area contributed by atoms with Gasteiger partial charge in [0.15, 0.2) is 5.82 Å².